The summed E-state index contributed by atoms with van der Waals surface area (Å²) in [6.07, 6.45) is -2.33. The highest BCUT2D eigenvalue weighted by molar-refractivity contribution is 6.99. The summed E-state index contributed by atoms with van der Waals surface area (Å²) in [5.41, 5.74) is -1.54. The zero-order chi connectivity index (χ0) is 35.0. The van der Waals surface area contributed by atoms with Gasteiger partial charge in [-0.05, 0) is 77.7 Å². The molecular weight excluding hydrogens is 611 g/mol. The third-order valence-corrected chi connectivity index (χ3v) is 13.8. The Hall–Kier alpha value is -2.11. The van der Waals surface area contributed by atoms with E-state index >= 15 is 0 Å². The largest absolute Gasteiger partial charge is 0.465 e. The first-order chi connectivity index (χ1) is 21.6. The van der Waals surface area contributed by atoms with Gasteiger partial charge in [-0.1, -0.05) is 81.4 Å². The van der Waals surface area contributed by atoms with Crippen molar-refractivity contribution in [1.82, 2.24) is 5.06 Å². The van der Waals surface area contributed by atoms with Gasteiger partial charge < -0.3 is 23.7 Å². The standard InChI is InChI=1S/C38H59NO7Si/c1-35(2,3)34(41)42-24-28-31-33(45-37(7,8)9)30(44-36(4,5)6)23-39(31)46-32(28)29(40)25-43-47(38(10,11)12,26-19-15-13-16-20-26)27-21-17-14-18-22-27/h13-22,28-33,40H,23-25H2,1-12H3/t28-,29-,30+,31+,32+,33-/m1/s1. The molecule has 2 aromatic rings. The second kappa shape index (κ2) is 14.0. The predicted molar refractivity (Wildman–Crippen MR) is 188 cm³/mol. The molecule has 2 aromatic carbocycles. The molecule has 1 N–H and O–H groups in total. The van der Waals surface area contributed by atoms with Gasteiger partial charge in [0.2, 0.25) is 0 Å². The highest BCUT2D eigenvalue weighted by Gasteiger charge is 2.59. The van der Waals surface area contributed by atoms with E-state index in [2.05, 4.69) is 45.0 Å². The zero-order valence-corrected chi connectivity index (χ0v) is 31.7. The van der Waals surface area contributed by atoms with Crippen LogP contribution in [-0.2, 0) is 28.3 Å². The first-order valence-corrected chi connectivity index (χ1v) is 18.9. The molecule has 0 saturated carbocycles. The molecule has 2 aliphatic heterocycles. The molecule has 8 nitrogen and oxygen atoms in total. The average molecular weight is 670 g/mol. The van der Waals surface area contributed by atoms with Gasteiger partial charge in [0, 0.05) is 5.92 Å². The Bertz CT molecular complexity index is 1270. The minimum atomic E-state index is -2.92. The lowest BCUT2D eigenvalue weighted by atomic mass is 9.88. The van der Waals surface area contributed by atoms with Crippen molar-refractivity contribution in [2.24, 2.45) is 11.3 Å². The monoisotopic (exact) mass is 669 g/mol. The Morgan fingerprint density at radius 3 is 1.81 bits per heavy atom. The van der Waals surface area contributed by atoms with Crippen LogP contribution in [0, 0.1) is 11.3 Å². The number of carbonyl (C=O) groups excluding carboxylic acids is 1. The molecule has 0 aliphatic carbocycles. The SMILES string of the molecule is CC(C)(C)O[C@H]1[C@@H]2[C@@H](COC(=O)C(C)(C)C)[C@@H]([C@H](O)CO[Si](c3ccccc3)(c3ccccc3)C(C)(C)C)ON2C[C@@H]1OC(C)(C)C. The van der Waals surface area contributed by atoms with Gasteiger partial charge in [-0.25, -0.2) is 0 Å². The molecule has 0 amide bonds. The minimum Gasteiger partial charge on any atom is -0.465 e. The topological polar surface area (TPSA) is 86.7 Å². The van der Waals surface area contributed by atoms with E-state index in [9.17, 15) is 9.90 Å². The van der Waals surface area contributed by atoms with Crippen LogP contribution in [-0.4, -0.2) is 85.9 Å². The third-order valence-electron chi connectivity index (χ3n) is 8.79. The van der Waals surface area contributed by atoms with Crippen molar-refractivity contribution in [1.29, 1.82) is 0 Å². The smallest absolute Gasteiger partial charge is 0.311 e. The summed E-state index contributed by atoms with van der Waals surface area (Å²) in [6.45, 7) is 24.9. The maximum Gasteiger partial charge on any atom is 0.311 e. The van der Waals surface area contributed by atoms with Crippen LogP contribution in [0.25, 0.3) is 0 Å². The summed E-state index contributed by atoms with van der Waals surface area (Å²) >= 11 is 0. The molecule has 0 aromatic heterocycles. The number of hydrogen-bond acceptors (Lipinski definition) is 8. The second-order valence-electron chi connectivity index (χ2n) is 17.2. The number of nitrogens with zero attached hydrogens (tertiary/aromatic N) is 1. The van der Waals surface area contributed by atoms with Crippen LogP contribution in [0.15, 0.2) is 60.7 Å². The lowest BCUT2D eigenvalue weighted by molar-refractivity contribution is -0.190. The Morgan fingerprint density at radius 1 is 0.851 bits per heavy atom. The Balaban J connectivity index is 1.69. The number of esters is 1. The van der Waals surface area contributed by atoms with E-state index in [0.717, 1.165) is 10.4 Å². The van der Waals surface area contributed by atoms with Crippen LogP contribution in [0.4, 0.5) is 0 Å². The molecule has 4 rings (SSSR count). The van der Waals surface area contributed by atoms with Gasteiger partial charge in [0.25, 0.3) is 8.32 Å². The zero-order valence-electron chi connectivity index (χ0n) is 30.7. The number of fused-ring (bicyclic) bond motifs is 1. The van der Waals surface area contributed by atoms with Crippen molar-refractivity contribution in [3.05, 3.63) is 60.7 Å². The molecule has 0 unspecified atom stereocenters. The van der Waals surface area contributed by atoms with Crippen molar-refractivity contribution in [3.8, 4) is 0 Å². The Morgan fingerprint density at radius 2 is 1.36 bits per heavy atom. The van der Waals surface area contributed by atoms with Gasteiger partial charge in [0.05, 0.1) is 42.4 Å². The lowest BCUT2D eigenvalue weighted by Gasteiger charge is -2.43. The van der Waals surface area contributed by atoms with Crippen molar-refractivity contribution in [3.63, 3.8) is 0 Å². The predicted octanol–water partition coefficient (Wildman–Crippen LogP) is 5.49. The van der Waals surface area contributed by atoms with E-state index in [1.165, 1.54) is 0 Å². The molecule has 0 radical (unpaired) electrons. The molecule has 47 heavy (non-hydrogen) atoms. The molecular formula is C38H59NO7Si. The van der Waals surface area contributed by atoms with Crippen molar-refractivity contribution in [2.75, 3.05) is 19.8 Å². The van der Waals surface area contributed by atoms with Crippen molar-refractivity contribution in [2.45, 2.75) is 130 Å². The van der Waals surface area contributed by atoms with Gasteiger partial charge in [-0.3, -0.25) is 9.63 Å². The van der Waals surface area contributed by atoms with Crippen molar-refractivity contribution < 1.29 is 33.4 Å². The van der Waals surface area contributed by atoms with Gasteiger partial charge in [0.1, 0.15) is 24.4 Å². The van der Waals surface area contributed by atoms with Gasteiger partial charge >= 0.3 is 5.97 Å². The van der Waals surface area contributed by atoms with Crippen LogP contribution in [0.1, 0.15) is 83.1 Å². The average Bonchev–Trinajstić information content (AvgIpc) is 3.45. The van der Waals surface area contributed by atoms with E-state index in [-0.39, 0.29) is 48.4 Å². The van der Waals surface area contributed by atoms with Crippen LogP contribution in [0.5, 0.6) is 0 Å². The number of aliphatic hydroxyl groups is 1. The van der Waals surface area contributed by atoms with Gasteiger partial charge in [-0.15, -0.1) is 0 Å². The van der Waals surface area contributed by atoms with E-state index in [0.29, 0.717) is 6.54 Å². The van der Waals surface area contributed by atoms with Gasteiger partial charge in [-0.2, -0.15) is 5.06 Å². The summed E-state index contributed by atoms with van der Waals surface area (Å²) in [5, 5.41) is 15.9. The second-order valence-corrected chi connectivity index (χ2v) is 21.5. The van der Waals surface area contributed by atoms with E-state index in [4.69, 9.17) is 23.5 Å². The molecule has 6 atom stereocenters. The molecule has 0 bridgehead atoms. The third kappa shape index (κ3) is 8.74. The summed E-state index contributed by atoms with van der Waals surface area (Å²) in [5.74, 6) is -0.693. The molecule has 2 saturated heterocycles. The Labute approximate surface area is 284 Å². The maximum atomic E-state index is 13.0. The molecule has 2 fully saturated rings. The number of hydroxylamine groups is 2. The fourth-order valence-corrected chi connectivity index (χ4v) is 11.5. The number of carbonyl (C=O) groups is 1. The van der Waals surface area contributed by atoms with Gasteiger partial charge in [0.15, 0.2) is 0 Å². The fourth-order valence-electron chi connectivity index (χ4n) is 6.90. The number of hydrogen-bond donors (Lipinski definition) is 1. The molecule has 2 heterocycles. The first kappa shape index (κ1) is 37.7. The quantitative estimate of drug-likeness (QED) is 0.263. The lowest BCUT2D eigenvalue weighted by Crippen LogP contribution is -2.67. The van der Waals surface area contributed by atoms with E-state index < -0.39 is 37.1 Å². The van der Waals surface area contributed by atoms with Crippen LogP contribution >= 0.6 is 0 Å². The van der Waals surface area contributed by atoms with Crippen LogP contribution in [0.3, 0.4) is 0 Å². The maximum absolute atomic E-state index is 13.0. The Kier molecular flexibility index (Phi) is 11.2. The number of ether oxygens (including phenoxy) is 3. The summed E-state index contributed by atoms with van der Waals surface area (Å²) in [6, 6.07) is 20.5. The number of rotatable bonds is 10. The fraction of sp³-hybridized carbons (Fsp3) is 0.658. The van der Waals surface area contributed by atoms with Crippen molar-refractivity contribution >= 4 is 24.7 Å². The summed E-state index contributed by atoms with van der Waals surface area (Å²) < 4.78 is 26.3. The molecule has 2 aliphatic rings. The summed E-state index contributed by atoms with van der Waals surface area (Å²) in [7, 11) is -2.92. The van der Waals surface area contributed by atoms with E-state index in [1.54, 1.807) is 0 Å². The molecule has 262 valence electrons. The first-order valence-electron chi connectivity index (χ1n) is 17.0. The number of aliphatic hydroxyl groups excluding tert-OH is 1. The van der Waals surface area contributed by atoms with Crippen LogP contribution < -0.4 is 10.4 Å². The molecule has 9 heteroatoms. The highest BCUT2D eigenvalue weighted by atomic mass is 28.4. The van der Waals surface area contributed by atoms with Crippen LogP contribution in [0.2, 0.25) is 5.04 Å². The normalized spacial score (nSPS) is 25.1. The minimum absolute atomic E-state index is 0.0505. The molecule has 0 spiro atoms. The number of benzene rings is 2. The van der Waals surface area contributed by atoms with E-state index in [1.807, 2.05) is 104 Å². The highest BCUT2D eigenvalue weighted by Crippen LogP contribution is 2.43. The summed E-state index contributed by atoms with van der Waals surface area (Å²) in [4.78, 5) is 19.6.